The first kappa shape index (κ1) is 20.0. The average Bonchev–Trinajstić information content (AvgIpc) is 2.74. The van der Waals surface area contributed by atoms with Crippen LogP contribution in [-0.4, -0.2) is 23.7 Å². The Morgan fingerprint density at radius 2 is 1.76 bits per heavy atom. The molecule has 0 radical (unpaired) electrons. The van der Waals surface area contributed by atoms with Crippen molar-refractivity contribution in [3.05, 3.63) is 93.5 Å². The lowest BCUT2D eigenvalue weighted by Crippen LogP contribution is -2.24. The summed E-state index contributed by atoms with van der Waals surface area (Å²) in [6, 6.07) is 21.2. The van der Waals surface area contributed by atoms with Crippen LogP contribution in [0.3, 0.4) is 0 Å². The fourth-order valence-electron chi connectivity index (χ4n) is 2.47. The van der Waals surface area contributed by atoms with Gasteiger partial charge in [-0.2, -0.15) is 5.10 Å². The van der Waals surface area contributed by atoms with Gasteiger partial charge in [-0.15, -0.1) is 0 Å². The minimum atomic E-state index is -0.539. The molecule has 1 amide bonds. The quantitative estimate of drug-likeness (QED) is 0.354. The number of amides is 1. The summed E-state index contributed by atoms with van der Waals surface area (Å²) < 4.78 is 5.43. The predicted molar refractivity (Wildman–Crippen MR) is 111 cm³/mol. The van der Waals surface area contributed by atoms with Crippen molar-refractivity contribution in [3.63, 3.8) is 0 Å². The Labute approximate surface area is 171 Å². The van der Waals surface area contributed by atoms with Crippen molar-refractivity contribution in [2.45, 2.75) is 0 Å². The van der Waals surface area contributed by atoms with Crippen LogP contribution in [-0.2, 0) is 4.79 Å². The zero-order chi connectivity index (χ0) is 20.6. The monoisotopic (exact) mass is 409 g/mol. The van der Waals surface area contributed by atoms with Crippen LogP contribution >= 0.6 is 11.6 Å². The molecule has 0 spiro atoms. The zero-order valence-corrected chi connectivity index (χ0v) is 15.9. The van der Waals surface area contributed by atoms with Crippen LogP contribution in [0.2, 0.25) is 5.02 Å². The molecule has 8 heteroatoms. The van der Waals surface area contributed by atoms with Gasteiger partial charge >= 0.3 is 0 Å². The summed E-state index contributed by atoms with van der Waals surface area (Å²) >= 11 is 5.96. The molecule has 0 aliphatic rings. The van der Waals surface area contributed by atoms with Crippen molar-refractivity contribution in [1.29, 1.82) is 0 Å². The van der Waals surface area contributed by atoms with E-state index in [-0.39, 0.29) is 17.3 Å². The Morgan fingerprint density at radius 1 is 1.07 bits per heavy atom. The molecule has 0 saturated carbocycles. The molecule has 0 aromatic heterocycles. The fraction of sp³-hybridized carbons (Fsp3) is 0.0476. The summed E-state index contributed by atoms with van der Waals surface area (Å²) in [7, 11) is 0. The van der Waals surface area contributed by atoms with E-state index >= 15 is 0 Å². The molecule has 3 rings (SSSR count). The number of hydrazone groups is 1. The molecule has 29 heavy (non-hydrogen) atoms. The maximum absolute atomic E-state index is 11.9. The minimum Gasteiger partial charge on any atom is -0.484 e. The molecule has 7 nitrogen and oxygen atoms in total. The highest BCUT2D eigenvalue weighted by Crippen LogP contribution is 2.22. The van der Waals surface area contributed by atoms with Gasteiger partial charge in [-0.3, -0.25) is 14.9 Å². The van der Waals surface area contributed by atoms with Crippen molar-refractivity contribution in [1.82, 2.24) is 5.43 Å². The van der Waals surface area contributed by atoms with E-state index in [1.165, 1.54) is 24.4 Å². The number of ether oxygens (including phenoxy) is 1. The Kier molecular flexibility index (Phi) is 6.55. The van der Waals surface area contributed by atoms with E-state index in [0.717, 1.165) is 11.1 Å². The van der Waals surface area contributed by atoms with E-state index in [0.29, 0.717) is 11.3 Å². The number of carbonyl (C=O) groups is 1. The molecule has 0 aliphatic carbocycles. The number of carbonyl (C=O) groups excluding carboxylic acids is 1. The molecule has 0 heterocycles. The van der Waals surface area contributed by atoms with Crippen LogP contribution in [0, 0.1) is 10.1 Å². The number of benzene rings is 3. The number of nitrogens with zero attached hydrogens (tertiary/aromatic N) is 2. The Balaban J connectivity index is 1.52. The molecule has 0 bridgehead atoms. The van der Waals surface area contributed by atoms with Gasteiger partial charge in [-0.05, 0) is 29.3 Å². The summed E-state index contributed by atoms with van der Waals surface area (Å²) in [6.07, 6.45) is 1.24. The first-order chi connectivity index (χ1) is 14.0. The molecule has 0 saturated heterocycles. The molecule has 3 aromatic carbocycles. The summed E-state index contributed by atoms with van der Waals surface area (Å²) in [5.74, 6) is 0.0699. The van der Waals surface area contributed by atoms with Gasteiger partial charge in [0.1, 0.15) is 5.75 Å². The first-order valence-electron chi connectivity index (χ1n) is 8.57. The summed E-state index contributed by atoms with van der Waals surface area (Å²) in [6.45, 7) is -0.231. The average molecular weight is 410 g/mol. The van der Waals surface area contributed by atoms with E-state index < -0.39 is 10.8 Å². The lowest BCUT2D eigenvalue weighted by atomic mass is 10.1. The van der Waals surface area contributed by atoms with Gasteiger partial charge in [0.25, 0.3) is 11.6 Å². The Bertz CT molecular complexity index is 1040. The summed E-state index contributed by atoms with van der Waals surface area (Å²) in [5.41, 5.74) is 4.62. The number of hydrogen-bond donors (Lipinski definition) is 1. The largest absolute Gasteiger partial charge is 0.484 e. The summed E-state index contributed by atoms with van der Waals surface area (Å²) in [4.78, 5) is 22.1. The maximum Gasteiger partial charge on any atom is 0.277 e. The number of nitrogens with one attached hydrogen (secondary N) is 1. The third-order valence-corrected chi connectivity index (χ3v) is 4.26. The highest BCUT2D eigenvalue weighted by atomic mass is 35.5. The molecule has 0 atom stereocenters. The fourth-order valence-corrected chi connectivity index (χ4v) is 2.64. The van der Waals surface area contributed by atoms with Gasteiger partial charge in [0.05, 0.1) is 11.1 Å². The van der Waals surface area contributed by atoms with Crippen LogP contribution in [0.5, 0.6) is 5.75 Å². The van der Waals surface area contributed by atoms with E-state index in [9.17, 15) is 14.9 Å². The molecule has 3 aromatic rings. The van der Waals surface area contributed by atoms with Gasteiger partial charge in [0.2, 0.25) is 0 Å². The van der Waals surface area contributed by atoms with Crippen molar-refractivity contribution in [3.8, 4) is 16.9 Å². The molecular formula is C21H16ClN3O4. The van der Waals surface area contributed by atoms with Crippen molar-refractivity contribution in [2.75, 3.05) is 6.61 Å². The number of hydrogen-bond acceptors (Lipinski definition) is 5. The molecule has 146 valence electrons. The van der Waals surface area contributed by atoms with Crippen molar-refractivity contribution in [2.24, 2.45) is 5.10 Å². The van der Waals surface area contributed by atoms with Gasteiger partial charge in [0.15, 0.2) is 6.61 Å². The smallest absolute Gasteiger partial charge is 0.277 e. The van der Waals surface area contributed by atoms with E-state index in [1.807, 2.05) is 42.5 Å². The van der Waals surface area contributed by atoms with E-state index in [1.54, 1.807) is 12.1 Å². The van der Waals surface area contributed by atoms with Crippen molar-refractivity contribution >= 4 is 29.4 Å². The van der Waals surface area contributed by atoms with Crippen LogP contribution in [0.15, 0.2) is 77.9 Å². The number of nitro benzene ring substituents is 1. The lowest BCUT2D eigenvalue weighted by molar-refractivity contribution is -0.384. The van der Waals surface area contributed by atoms with E-state index in [2.05, 4.69) is 10.5 Å². The number of non-ortho nitro benzene ring substituents is 1. The number of rotatable bonds is 7. The third-order valence-electron chi connectivity index (χ3n) is 3.91. The Morgan fingerprint density at radius 3 is 2.45 bits per heavy atom. The van der Waals surface area contributed by atoms with Gasteiger partial charge < -0.3 is 4.74 Å². The maximum atomic E-state index is 11.9. The van der Waals surface area contributed by atoms with Crippen LogP contribution in [0.1, 0.15) is 5.56 Å². The second-order valence-corrected chi connectivity index (χ2v) is 6.34. The van der Waals surface area contributed by atoms with Crippen LogP contribution in [0.4, 0.5) is 5.69 Å². The van der Waals surface area contributed by atoms with Crippen LogP contribution in [0.25, 0.3) is 11.1 Å². The highest BCUT2D eigenvalue weighted by Gasteiger charge is 2.08. The second kappa shape index (κ2) is 9.48. The van der Waals surface area contributed by atoms with Gasteiger partial charge in [0, 0.05) is 22.7 Å². The number of halogens is 1. The first-order valence-corrected chi connectivity index (χ1v) is 8.95. The van der Waals surface area contributed by atoms with Gasteiger partial charge in [-0.1, -0.05) is 54.1 Å². The third kappa shape index (κ3) is 5.63. The predicted octanol–water partition coefficient (Wildman–Crippen LogP) is 4.44. The molecular weight excluding hydrogens is 394 g/mol. The normalized spacial score (nSPS) is 10.7. The van der Waals surface area contributed by atoms with E-state index in [4.69, 9.17) is 16.3 Å². The highest BCUT2D eigenvalue weighted by molar-refractivity contribution is 6.33. The second-order valence-electron chi connectivity index (χ2n) is 5.94. The number of nitro groups is 1. The standard InChI is InChI=1S/C21H16ClN3O4/c22-20-11-8-18(25(27)28)12-17(20)13-23-24-21(26)14-29-19-9-6-16(7-10-19)15-4-2-1-3-5-15/h1-13H,14H2,(H,24,26). The molecule has 0 fully saturated rings. The molecule has 0 aliphatic heterocycles. The van der Waals surface area contributed by atoms with Crippen LogP contribution < -0.4 is 10.2 Å². The Hall–Kier alpha value is -3.71. The lowest BCUT2D eigenvalue weighted by Gasteiger charge is -2.06. The summed E-state index contributed by atoms with van der Waals surface area (Å²) in [5, 5.41) is 14.8. The van der Waals surface area contributed by atoms with Gasteiger partial charge in [-0.25, -0.2) is 5.43 Å². The van der Waals surface area contributed by atoms with Crippen molar-refractivity contribution < 1.29 is 14.5 Å². The molecule has 1 N–H and O–H groups in total. The topological polar surface area (TPSA) is 93.8 Å². The SMILES string of the molecule is O=C(COc1ccc(-c2ccccc2)cc1)NN=Cc1cc([N+](=O)[O-])ccc1Cl. The minimum absolute atomic E-state index is 0.121. The zero-order valence-electron chi connectivity index (χ0n) is 15.1. The molecule has 0 unspecified atom stereocenters.